The maximum Gasteiger partial charge on any atom is 0.258 e. The quantitative estimate of drug-likeness (QED) is 0.720. The molecule has 1 N–H and O–H groups in total. The standard InChI is InChI=1S/C16H11NO2/c18-15-13-9-5-4-8-12(13)10-14(16(19)17-15)11-6-2-1-3-7-11/h1-10H,(H,17,18,19). The van der Waals surface area contributed by atoms with Crippen molar-refractivity contribution in [3.63, 3.8) is 0 Å². The molecule has 0 amide bonds. The van der Waals surface area contributed by atoms with E-state index in [-0.39, 0.29) is 11.1 Å². The number of aromatic amines is 1. The summed E-state index contributed by atoms with van der Waals surface area (Å²) in [6.07, 6.45) is 0. The predicted molar refractivity (Wildman–Crippen MR) is 76.3 cm³/mol. The summed E-state index contributed by atoms with van der Waals surface area (Å²) in [4.78, 5) is 26.4. The third-order valence-corrected chi connectivity index (χ3v) is 3.06. The van der Waals surface area contributed by atoms with Crippen molar-refractivity contribution in [1.82, 2.24) is 4.98 Å². The third kappa shape index (κ3) is 2.06. The molecule has 19 heavy (non-hydrogen) atoms. The normalized spacial score (nSPS) is 10.5. The molecule has 3 nitrogen and oxygen atoms in total. The van der Waals surface area contributed by atoms with Crippen LogP contribution in [0.5, 0.6) is 0 Å². The summed E-state index contributed by atoms with van der Waals surface area (Å²) >= 11 is 0. The van der Waals surface area contributed by atoms with Gasteiger partial charge >= 0.3 is 0 Å². The van der Waals surface area contributed by atoms with Gasteiger partial charge in [-0.3, -0.25) is 14.6 Å². The Bertz CT molecular complexity index is 851. The smallest absolute Gasteiger partial charge is 0.258 e. The van der Waals surface area contributed by atoms with Gasteiger partial charge in [0, 0.05) is 10.9 Å². The van der Waals surface area contributed by atoms with Gasteiger partial charge in [-0.25, -0.2) is 0 Å². The molecule has 0 aliphatic carbocycles. The number of hydrogen-bond donors (Lipinski definition) is 1. The van der Waals surface area contributed by atoms with E-state index >= 15 is 0 Å². The monoisotopic (exact) mass is 249 g/mol. The van der Waals surface area contributed by atoms with Crippen LogP contribution in [0.25, 0.3) is 21.9 Å². The molecule has 0 unspecified atom stereocenters. The highest BCUT2D eigenvalue weighted by molar-refractivity contribution is 5.84. The number of hydrogen-bond acceptors (Lipinski definition) is 2. The first-order valence-corrected chi connectivity index (χ1v) is 5.97. The minimum Gasteiger partial charge on any atom is -0.288 e. The Morgan fingerprint density at radius 2 is 1.42 bits per heavy atom. The summed E-state index contributed by atoms with van der Waals surface area (Å²) in [5.74, 6) is 0. The number of H-pyrrole nitrogens is 1. The second-order valence-corrected chi connectivity index (χ2v) is 4.29. The molecule has 0 spiro atoms. The highest BCUT2D eigenvalue weighted by Gasteiger charge is 2.04. The van der Waals surface area contributed by atoms with E-state index in [9.17, 15) is 9.59 Å². The van der Waals surface area contributed by atoms with Crippen LogP contribution in [-0.2, 0) is 0 Å². The zero-order valence-corrected chi connectivity index (χ0v) is 10.1. The Morgan fingerprint density at radius 1 is 0.737 bits per heavy atom. The number of nitrogens with one attached hydrogen (secondary N) is 1. The van der Waals surface area contributed by atoms with Crippen molar-refractivity contribution in [2.75, 3.05) is 0 Å². The van der Waals surface area contributed by atoms with Gasteiger partial charge in [0.25, 0.3) is 11.1 Å². The van der Waals surface area contributed by atoms with Crippen LogP contribution in [0.3, 0.4) is 0 Å². The molecule has 0 saturated carbocycles. The maximum absolute atomic E-state index is 12.1. The fraction of sp³-hybridized carbons (Fsp3) is 0. The molecule has 0 radical (unpaired) electrons. The first kappa shape index (κ1) is 11.4. The molecule has 0 saturated heterocycles. The summed E-state index contributed by atoms with van der Waals surface area (Å²) in [6, 6.07) is 18.2. The van der Waals surface area contributed by atoms with Crippen LogP contribution in [0.1, 0.15) is 0 Å². The topological polar surface area (TPSA) is 49.9 Å². The maximum atomic E-state index is 12.1. The predicted octanol–water partition coefficient (Wildman–Crippen LogP) is 2.56. The van der Waals surface area contributed by atoms with Gasteiger partial charge in [0.2, 0.25) is 0 Å². The molecule has 1 heterocycles. The van der Waals surface area contributed by atoms with Crippen LogP contribution in [0.15, 0.2) is 70.3 Å². The van der Waals surface area contributed by atoms with Crippen LogP contribution in [0.2, 0.25) is 0 Å². The molecular weight excluding hydrogens is 238 g/mol. The van der Waals surface area contributed by atoms with Crippen molar-refractivity contribution in [3.05, 3.63) is 81.4 Å². The molecule has 0 atom stereocenters. The van der Waals surface area contributed by atoms with Crippen molar-refractivity contribution >= 4 is 10.8 Å². The number of fused-ring (bicyclic) bond motifs is 1. The van der Waals surface area contributed by atoms with Crippen LogP contribution < -0.4 is 11.1 Å². The highest BCUT2D eigenvalue weighted by atomic mass is 16.2. The average Bonchev–Trinajstić information content (AvgIpc) is 2.57. The number of benzene rings is 2. The molecule has 3 rings (SSSR count). The molecule has 3 heteroatoms. The summed E-state index contributed by atoms with van der Waals surface area (Å²) < 4.78 is 0. The van der Waals surface area contributed by atoms with Crippen LogP contribution in [0, 0.1) is 0 Å². The second-order valence-electron chi connectivity index (χ2n) is 4.29. The van der Waals surface area contributed by atoms with E-state index in [0.29, 0.717) is 10.9 Å². The molecule has 1 aromatic heterocycles. The van der Waals surface area contributed by atoms with Gasteiger partial charge < -0.3 is 0 Å². The van der Waals surface area contributed by atoms with Crippen molar-refractivity contribution < 1.29 is 0 Å². The summed E-state index contributed by atoms with van der Waals surface area (Å²) in [5, 5.41) is 1.27. The molecule has 0 aliphatic rings. The van der Waals surface area contributed by atoms with Gasteiger partial charge in [0.1, 0.15) is 0 Å². The van der Waals surface area contributed by atoms with Crippen molar-refractivity contribution in [2.45, 2.75) is 0 Å². The van der Waals surface area contributed by atoms with Crippen LogP contribution >= 0.6 is 0 Å². The Morgan fingerprint density at radius 3 is 2.21 bits per heavy atom. The number of aromatic nitrogens is 1. The highest BCUT2D eigenvalue weighted by Crippen LogP contribution is 2.17. The lowest BCUT2D eigenvalue weighted by Gasteiger charge is -1.96. The van der Waals surface area contributed by atoms with Gasteiger partial charge in [0.15, 0.2) is 0 Å². The fourth-order valence-electron chi connectivity index (χ4n) is 2.12. The molecule has 0 aliphatic heterocycles. The van der Waals surface area contributed by atoms with E-state index in [4.69, 9.17) is 0 Å². The lowest BCUT2D eigenvalue weighted by molar-refractivity contribution is 1.22. The minimum atomic E-state index is -0.368. The number of rotatable bonds is 1. The van der Waals surface area contributed by atoms with Gasteiger partial charge in [-0.15, -0.1) is 0 Å². The summed E-state index contributed by atoms with van der Waals surface area (Å²) in [5.41, 5.74) is 0.568. The fourth-order valence-corrected chi connectivity index (χ4v) is 2.12. The Balaban J connectivity index is 2.46. The van der Waals surface area contributed by atoms with Crippen LogP contribution in [0.4, 0.5) is 0 Å². The van der Waals surface area contributed by atoms with Crippen molar-refractivity contribution in [2.24, 2.45) is 0 Å². The largest absolute Gasteiger partial charge is 0.288 e. The second kappa shape index (κ2) is 4.53. The van der Waals surface area contributed by atoms with Crippen molar-refractivity contribution in [1.29, 1.82) is 0 Å². The first-order chi connectivity index (χ1) is 9.25. The minimum absolute atomic E-state index is 0.359. The van der Waals surface area contributed by atoms with Crippen LogP contribution in [-0.4, -0.2) is 4.98 Å². The lowest BCUT2D eigenvalue weighted by atomic mass is 10.1. The lowest BCUT2D eigenvalue weighted by Crippen LogP contribution is -2.15. The van der Waals surface area contributed by atoms with E-state index < -0.39 is 0 Å². The zero-order chi connectivity index (χ0) is 13.2. The van der Waals surface area contributed by atoms with Gasteiger partial charge in [-0.2, -0.15) is 0 Å². The molecule has 0 bridgehead atoms. The SMILES string of the molecule is O=c1[nH]c(=O)c2ccccc2cc1-c1ccccc1. The first-order valence-electron chi connectivity index (χ1n) is 5.97. The summed E-state index contributed by atoms with van der Waals surface area (Å²) in [7, 11) is 0. The van der Waals surface area contributed by atoms with Crippen molar-refractivity contribution in [3.8, 4) is 11.1 Å². The zero-order valence-electron chi connectivity index (χ0n) is 10.1. The van der Waals surface area contributed by atoms with Gasteiger partial charge in [-0.05, 0) is 23.1 Å². The molecule has 3 aromatic rings. The third-order valence-electron chi connectivity index (χ3n) is 3.06. The van der Waals surface area contributed by atoms with E-state index in [1.54, 1.807) is 18.2 Å². The summed E-state index contributed by atoms with van der Waals surface area (Å²) in [6.45, 7) is 0. The Hall–Kier alpha value is -2.68. The van der Waals surface area contributed by atoms with E-state index in [1.165, 1.54) is 0 Å². The van der Waals surface area contributed by atoms with E-state index in [2.05, 4.69) is 4.98 Å². The van der Waals surface area contributed by atoms with E-state index in [1.807, 2.05) is 42.5 Å². The molecule has 92 valence electrons. The Kier molecular flexibility index (Phi) is 2.72. The average molecular weight is 249 g/mol. The molecule has 2 aromatic carbocycles. The van der Waals surface area contributed by atoms with E-state index in [0.717, 1.165) is 10.9 Å². The molecule has 0 fully saturated rings. The van der Waals surface area contributed by atoms with Gasteiger partial charge in [0.05, 0.1) is 0 Å². The van der Waals surface area contributed by atoms with Gasteiger partial charge in [-0.1, -0.05) is 48.5 Å². The molecular formula is C16H11NO2. The Labute approximate surface area is 109 Å².